The first-order valence-electron chi connectivity index (χ1n) is 12.9. The van der Waals surface area contributed by atoms with E-state index in [1.807, 2.05) is 48.5 Å². The highest BCUT2D eigenvalue weighted by Gasteiger charge is 2.23. The van der Waals surface area contributed by atoms with Crippen LogP contribution in [0.3, 0.4) is 0 Å². The average Bonchev–Trinajstić information content (AvgIpc) is 2.89. The van der Waals surface area contributed by atoms with Gasteiger partial charge in [-0.3, -0.25) is 9.59 Å². The molecule has 0 atom stereocenters. The molecule has 0 aromatic heterocycles. The van der Waals surface area contributed by atoms with E-state index in [9.17, 15) is 9.59 Å². The molecule has 2 rings (SSSR count). The minimum absolute atomic E-state index is 0.508. The number of nitrogens with two attached hydrogens (primary N) is 1. The van der Waals surface area contributed by atoms with Gasteiger partial charge in [-0.05, 0) is 62.8 Å². The smallest absolute Gasteiger partial charge is 0.316 e. The van der Waals surface area contributed by atoms with E-state index in [4.69, 9.17) is 10.5 Å². The highest BCUT2D eigenvalue weighted by atomic mass is 16.5. The van der Waals surface area contributed by atoms with Crippen LogP contribution in [-0.2, 0) is 14.3 Å². The Morgan fingerprint density at radius 1 is 0.771 bits per heavy atom. The van der Waals surface area contributed by atoms with Crippen LogP contribution in [0.25, 0.3) is 0 Å². The summed E-state index contributed by atoms with van der Waals surface area (Å²) in [5, 5.41) is 2.69. The highest BCUT2D eigenvalue weighted by Crippen LogP contribution is 2.16. The van der Waals surface area contributed by atoms with E-state index < -0.39 is 11.8 Å². The third-order valence-electron chi connectivity index (χ3n) is 5.63. The lowest BCUT2D eigenvalue weighted by molar-refractivity contribution is -0.134. The molecule has 0 aliphatic rings. The summed E-state index contributed by atoms with van der Waals surface area (Å²) in [6, 6.07) is 18.4. The summed E-state index contributed by atoms with van der Waals surface area (Å²) in [7, 11) is 0. The van der Waals surface area contributed by atoms with E-state index in [0.717, 1.165) is 44.4 Å². The number of ether oxygens (including phenoxy) is 1. The Balaban J connectivity index is 1.65. The van der Waals surface area contributed by atoms with Gasteiger partial charge < -0.3 is 20.7 Å². The number of rotatable bonds is 17. The maximum absolute atomic E-state index is 12.9. The van der Waals surface area contributed by atoms with Crippen LogP contribution in [0.1, 0.15) is 57.8 Å². The lowest BCUT2D eigenvalue weighted by atomic mass is 10.1. The molecule has 0 spiro atoms. The van der Waals surface area contributed by atoms with E-state index >= 15 is 0 Å². The number of hydrogen-bond acceptors (Lipinski definition) is 4. The van der Waals surface area contributed by atoms with Crippen molar-refractivity contribution in [1.29, 1.82) is 0 Å². The zero-order valence-corrected chi connectivity index (χ0v) is 20.9. The number of carbonyl (C=O) groups is 2. The Labute approximate surface area is 210 Å². The highest BCUT2D eigenvalue weighted by molar-refractivity contribution is 6.44. The van der Waals surface area contributed by atoms with Crippen molar-refractivity contribution in [2.75, 3.05) is 36.5 Å². The topological polar surface area (TPSA) is 84.7 Å². The lowest BCUT2D eigenvalue weighted by Crippen LogP contribution is -2.40. The number of allylic oxidation sites excluding steroid dienone is 2. The Morgan fingerprint density at radius 3 is 2.06 bits per heavy atom. The largest absolute Gasteiger partial charge is 0.380 e. The van der Waals surface area contributed by atoms with Crippen molar-refractivity contribution in [3.8, 4) is 0 Å². The number of benzene rings is 2. The monoisotopic (exact) mass is 479 g/mol. The van der Waals surface area contributed by atoms with Gasteiger partial charge >= 0.3 is 11.8 Å². The number of carbonyl (C=O) groups excluding carboxylic acids is 2. The molecule has 0 saturated heterocycles. The van der Waals surface area contributed by atoms with E-state index in [2.05, 4.69) is 17.5 Å². The van der Waals surface area contributed by atoms with Crippen LogP contribution in [0.2, 0.25) is 0 Å². The number of para-hydroxylation sites is 2. The summed E-state index contributed by atoms with van der Waals surface area (Å²) < 4.78 is 5.39. The van der Waals surface area contributed by atoms with E-state index in [0.29, 0.717) is 25.4 Å². The van der Waals surface area contributed by atoms with Crippen molar-refractivity contribution in [2.45, 2.75) is 57.8 Å². The third kappa shape index (κ3) is 12.3. The summed E-state index contributed by atoms with van der Waals surface area (Å²) in [5.41, 5.74) is 6.75. The molecule has 6 heteroatoms. The molecule has 2 aromatic rings. The van der Waals surface area contributed by atoms with Crippen molar-refractivity contribution < 1.29 is 14.3 Å². The van der Waals surface area contributed by atoms with Gasteiger partial charge in [0.05, 0.1) is 6.61 Å². The molecule has 6 nitrogen and oxygen atoms in total. The Kier molecular flexibility index (Phi) is 14.8. The number of hydrogen-bond donors (Lipinski definition) is 2. The van der Waals surface area contributed by atoms with Gasteiger partial charge in [0, 0.05) is 31.1 Å². The van der Waals surface area contributed by atoms with Crippen LogP contribution < -0.4 is 16.0 Å². The van der Waals surface area contributed by atoms with Gasteiger partial charge in [-0.15, -0.1) is 0 Å². The van der Waals surface area contributed by atoms with Crippen LogP contribution in [0, 0.1) is 0 Å². The second kappa shape index (κ2) is 18.4. The second-order valence-corrected chi connectivity index (χ2v) is 8.54. The predicted octanol–water partition coefficient (Wildman–Crippen LogP) is 5.70. The maximum atomic E-state index is 12.9. The van der Waals surface area contributed by atoms with Crippen LogP contribution in [0.4, 0.5) is 11.4 Å². The molecule has 0 unspecified atom stereocenters. The van der Waals surface area contributed by atoms with Gasteiger partial charge in [0.25, 0.3) is 0 Å². The van der Waals surface area contributed by atoms with Crippen molar-refractivity contribution in [1.82, 2.24) is 0 Å². The molecule has 190 valence electrons. The summed E-state index contributed by atoms with van der Waals surface area (Å²) in [4.78, 5) is 27.1. The van der Waals surface area contributed by atoms with Gasteiger partial charge in [0.15, 0.2) is 0 Å². The molecule has 0 saturated carbocycles. The quantitative estimate of drug-likeness (QED) is 0.173. The summed E-state index contributed by atoms with van der Waals surface area (Å²) in [6.45, 7) is 2.59. The van der Waals surface area contributed by atoms with Gasteiger partial charge in [-0.2, -0.15) is 0 Å². The number of amides is 2. The zero-order valence-electron chi connectivity index (χ0n) is 20.9. The Morgan fingerprint density at radius 2 is 1.37 bits per heavy atom. The third-order valence-corrected chi connectivity index (χ3v) is 5.63. The van der Waals surface area contributed by atoms with Crippen LogP contribution in [-0.4, -0.2) is 38.1 Å². The predicted molar refractivity (Wildman–Crippen MR) is 144 cm³/mol. The number of unbranched alkanes of at least 4 members (excludes halogenated alkanes) is 7. The first-order chi connectivity index (χ1) is 17.2. The standard InChI is InChI=1S/C29H41N3O3/c30-22-25-35-24-17-9-7-5-3-1-2-4-6-8-16-23-32(27-20-14-11-15-21-27)29(34)28(33)31-26-18-12-10-13-19-26/h2,4,10-15,18-21H,1,3,5-9,16-17,22-25,30H2,(H,31,33)/b4-2-. The molecule has 3 N–H and O–H groups in total. The Bertz CT molecular complexity index is 856. The number of anilines is 2. The summed E-state index contributed by atoms with van der Waals surface area (Å²) in [5.74, 6) is -1.16. The van der Waals surface area contributed by atoms with Gasteiger partial charge in [0.1, 0.15) is 0 Å². The van der Waals surface area contributed by atoms with Crippen LogP contribution in [0.15, 0.2) is 72.8 Å². The molecule has 0 fully saturated rings. The maximum Gasteiger partial charge on any atom is 0.316 e. The zero-order chi connectivity index (χ0) is 25.0. The first kappa shape index (κ1) is 28.3. The Hall–Kier alpha value is -2.96. The van der Waals surface area contributed by atoms with Gasteiger partial charge in [-0.25, -0.2) is 0 Å². The summed E-state index contributed by atoms with van der Waals surface area (Å²) >= 11 is 0. The number of nitrogens with one attached hydrogen (secondary N) is 1. The SMILES string of the molecule is NCCOCCCCCCC/C=C\CCCCN(C(=O)C(=O)Nc1ccccc1)c1ccccc1. The van der Waals surface area contributed by atoms with Crippen molar-refractivity contribution in [2.24, 2.45) is 5.73 Å². The van der Waals surface area contributed by atoms with Crippen molar-refractivity contribution in [3.63, 3.8) is 0 Å². The molecule has 2 amide bonds. The first-order valence-corrected chi connectivity index (χ1v) is 12.9. The molecule has 2 aromatic carbocycles. The average molecular weight is 480 g/mol. The normalized spacial score (nSPS) is 11.0. The summed E-state index contributed by atoms with van der Waals surface area (Å²) in [6.07, 6.45) is 14.4. The fraction of sp³-hybridized carbons (Fsp3) is 0.448. The fourth-order valence-corrected chi connectivity index (χ4v) is 3.73. The molecule has 0 radical (unpaired) electrons. The molecule has 35 heavy (non-hydrogen) atoms. The number of nitrogens with zero attached hydrogens (tertiary/aromatic N) is 1. The molecule has 0 heterocycles. The molecule has 0 aliphatic carbocycles. The van der Waals surface area contributed by atoms with E-state index in [1.54, 1.807) is 17.0 Å². The molecular formula is C29H41N3O3. The second-order valence-electron chi connectivity index (χ2n) is 8.54. The van der Waals surface area contributed by atoms with Gasteiger partial charge in [-0.1, -0.05) is 67.8 Å². The van der Waals surface area contributed by atoms with Crippen LogP contribution >= 0.6 is 0 Å². The van der Waals surface area contributed by atoms with Crippen LogP contribution in [0.5, 0.6) is 0 Å². The van der Waals surface area contributed by atoms with Crippen molar-refractivity contribution >= 4 is 23.2 Å². The van der Waals surface area contributed by atoms with Crippen molar-refractivity contribution in [3.05, 3.63) is 72.8 Å². The lowest BCUT2D eigenvalue weighted by Gasteiger charge is -2.22. The van der Waals surface area contributed by atoms with E-state index in [-0.39, 0.29) is 0 Å². The van der Waals surface area contributed by atoms with E-state index in [1.165, 1.54) is 25.7 Å². The molecular weight excluding hydrogens is 438 g/mol. The molecule has 0 bridgehead atoms. The minimum Gasteiger partial charge on any atom is -0.380 e. The molecule has 0 aliphatic heterocycles. The van der Waals surface area contributed by atoms with Gasteiger partial charge in [0.2, 0.25) is 0 Å². The minimum atomic E-state index is -0.622. The fourth-order valence-electron chi connectivity index (χ4n) is 3.73.